The summed E-state index contributed by atoms with van der Waals surface area (Å²) in [5.41, 5.74) is 5.51. The highest BCUT2D eigenvalue weighted by molar-refractivity contribution is 4.64. The molecule has 0 bridgehead atoms. The first-order valence-corrected chi connectivity index (χ1v) is 12.5. The summed E-state index contributed by atoms with van der Waals surface area (Å²) >= 11 is 0. The van der Waals surface area contributed by atoms with E-state index in [0.717, 1.165) is 26.1 Å². The first-order chi connectivity index (χ1) is 13.3. The molecule has 0 aliphatic carbocycles. The van der Waals surface area contributed by atoms with Crippen LogP contribution >= 0.6 is 0 Å². The van der Waals surface area contributed by atoms with Gasteiger partial charge in [-0.25, -0.2) is 0 Å². The number of unbranched alkanes of at least 4 members (excludes halogenated alkanes) is 15. The van der Waals surface area contributed by atoms with Crippen LogP contribution in [0.2, 0.25) is 0 Å². The molecule has 0 fully saturated rings. The van der Waals surface area contributed by atoms with E-state index in [-0.39, 0.29) is 0 Å². The monoisotopic (exact) mass is 383 g/mol. The summed E-state index contributed by atoms with van der Waals surface area (Å²) in [6.07, 6.45) is 24.1. The summed E-state index contributed by atoms with van der Waals surface area (Å²) in [5, 5.41) is 7.07. The normalized spacial score (nSPS) is 12.6. The van der Waals surface area contributed by atoms with Crippen molar-refractivity contribution in [2.24, 2.45) is 5.73 Å². The van der Waals surface area contributed by atoms with E-state index in [0.29, 0.717) is 6.04 Å². The summed E-state index contributed by atoms with van der Waals surface area (Å²) in [6, 6.07) is 0.553. The van der Waals surface area contributed by atoms with Gasteiger partial charge in [-0.05, 0) is 39.4 Å². The fourth-order valence-corrected chi connectivity index (χ4v) is 3.64. The second kappa shape index (κ2) is 23.9. The number of nitrogens with two attached hydrogens (primary N) is 1. The van der Waals surface area contributed by atoms with Gasteiger partial charge in [0.15, 0.2) is 0 Å². The Morgan fingerprint density at radius 3 is 1.48 bits per heavy atom. The minimum Gasteiger partial charge on any atom is -0.330 e. The molecule has 0 saturated carbocycles. The maximum Gasteiger partial charge on any atom is 0.0164 e. The third kappa shape index (κ3) is 23.8. The highest BCUT2D eigenvalue weighted by Gasteiger charge is 1.99. The first-order valence-electron chi connectivity index (χ1n) is 12.5. The average Bonchev–Trinajstić information content (AvgIpc) is 2.67. The second-order valence-electron chi connectivity index (χ2n) is 8.50. The molecule has 27 heavy (non-hydrogen) atoms. The van der Waals surface area contributed by atoms with Gasteiger partial charge in [0, 0.05) is 12.6 Å². The molecule has 3 nitrogen and oxygen atoms in total. The SMILES string of the molecule is CCCCCCCCCCCCCCCCCCNCC(C)NCCCN. The number of hydrogen-bond acceptors (Lipinski definition) is 3. The minimum absolute atomic E-state index is 0.553. The Morgan fingerprint density at radius 1 is 0.593 bits per heavy atom. The smallest absolute Gasteiger partial charge is 0.0164 e. The van der Waals surface area contributed by atoms with Crippen LogP contribution in [0.5, 0.6) is 0 Å². The van der Waals surface area contributed by atoms with E-state index in [9.17, 15) is 0 Å². The molecule has 0 aromatic rings. The average molecular weight is 384 g/mol. The van der Waals surface area contributed by atoms with E-state index in [2.05, 4.69) is 24.5 Å². The summed E-state index contributed by atoms with van der Waals surface area (Å²) in [4.78, 5) is 0. The molecule has 0 rings (SSSR count). The Labute approximate surface area is 172 Å². The maximum atomic E-state index is 5.51. The molecule has 1 atom stereocenters. The first kappa shape index (κ1) is 26.9. The molecule has 1 unspecified atom stereocenters. The molecule has 0 aromatic heterocycles. The van der Waals surface area contributed by atoms with E-state index >= 15 is 0 Å². The van der Waals surface area contributed by atoms with Gasteiger partial charge in [-0.3, -0.25) is 0 Å². The Morgan fingerprint density at radius 2 is 1.04 bits per heavy atom. The van der Waals surface area contributed by atoms with Gasteiger partial charge in [0.1, 0.15) is 0 Å². The number of rotatable bonds is 23. The van der Waals surface area contributed by atoms with Crippen LogP contribution in [0.1, 0.15) is 123 Å². The zero-order valence-electron chi connectivity index (χ0n) is 19.0. The van der Waals surface area contributed by atoms with Crippen molar-refractivity contribution >= 4 is 0 Å². The molecule has 0 aliphatic heterocycles. The Balaban J connectivity index is 3.05. The summed E-state index contributed by atoms with van der Waals surface area (Å²) in [6.45, 7) is 8.61. The molecular weight excluding hydrogens is 330 g/mol. The lowest BCUT2D eigenvalue weighted by atomic mass is 10.0. The quantitative estimate of drug-likeness (QED) is 0.185. The fourth-order valence-electron chi connectivity index (χ4n) is 3.64. The van der Waals surface area contributed by atoms with Crippen LogP contribution in [0.25, 0.3) is 0 Å². The van der Waals surface area contributed by atoms with Crippen molar-refractivity contribution in [3.8, 4) is 0 Å². The molecule has 4 N–H and O–H groups in total. The van der Waals surface area contributed by atoms with E-state index in [4.69, 9.17) is 5.73 Å². The number of nitrogens with one attached hydrogen (secondary N) is 2. The van der Waals surface area contributed by atoms with Gasteiger partial charge in [-0.1, -0.05) is 103 Å². The third-order valence-electron chi connectivity index (χ3n) is 5.53. The standard InChI is InChI=1S/C24H53N3/c1-3-4-5-6-7-8-9-10-11-12-13-14-15-16-17-18-21-26-23-24(2)27-22-19-20-25/h24,26-27H,3-23,25H2,1-2H3. The highest BCUT2D eigenvalue weighted by atomic mass is 15.0. The lowest BCUT2D eigenvalue weighted by Gasteiger charge is -2.14. The zero-order valence-corrected chi connectivity index (χ0v) is 19.0. The molecule has 0 amide bonds. The Bertz CT molecular complexity index is 258. The van der Waals surface area contributed by atoms with Crippen molar-refractivity contribution < 1.29 is 0 Å². The molecule has 0 spiro atoms. The van der Waals surface area contributed by atoms with Gasteiger partial charge >= 0.3 is 0 Å². The predicted octanol–water partition coefficient (Wildman–Crippen LogP) is 6.16. The molecule has 3 heteroatoms. The molecule has 0 aliphatic rings. The predicted molar refractivity (Wildman–Crippen MR) is 124 cm³/mol. The molecule has 0 radical (unpaired) electrons. The molecule has 164 valence electrons. The van der Waals surface area contributed by atoms with Crippen molar-refractivity contribution in [3.05, 3.63) is 0 Å². The van der Waals surface area contributed by atoms with Crippen molar-refractivity contribution in [1.82, 2.24) is 10.6 Å². The molecule has 0 saturated heterocycles. The molecule has 0 aromatic carbocycles. The van der Waals surface area contributed by atoms with Gasteiger partial charge in [0.2, 0.25) is 0 Å². The van der Waals surface area contributed by atoms with E-state index < -0.39 is 0 Å². The summed E-state index contributed by atoms with van der Waals surface area (Å²) < 4.78 is 0. The van der Waals surface area contributed by atoms with Crippen LogP contribution in [0.3, 0.4) is 0 Å². The zero-order chi connectivity index (χ0) is 19.8. The van der Waals surface area contributed by atoms with Crippen LogP contribution in [0, 0.1) is 0 Å². The lowest BCUT2D eigenvalue weighted by Crippen LogP contribution is -2.37. The van der Waals surface area contributed by atoms with Crippen molar-refractivity contribution in [2.75, 3.05) is 26.2 Å². The van der Waals surface area contributed by atoms with E-state index in [1.165, 1.54) is 109 Å². The summed E-state index contributed by atoms with van der Waals surface area (Å²) in [5.74, 6) is 0. The highest BCUT2D eigenvalue weighted by Crippen LogP contribution is 2.13. The van der Waals surface area contributed by atoms with Gasteiger partial charge in [-0.15, -0.1) is 0 Å². The van der Waals surface area contributed by atoms with E-state index in [1.807, 2.05) is 0 Å². The van der Waals surface area contributed by atoms with Crippen molar-refractivity contribution in [1.29, 1.82) is 0 Å². The minimum atomic E-state index is 0.553. The molecule has 0 heterocycles. The van der Waals surface area contributed by atoms with Crippen LogP contribution < -0.4 is 16.4 Å². The topological polar surface area (TPSA) is 50.1 Å². The lowest BCUT2D eigenvalue weighted by molar-refractivity contribution is 0.485. The number of hydrogen-bond donors (Lipinski definition) is 3. The largest absolute Gasteiger partial charge is 0.330 e. The van der Waals surface area contributed by atoms with Crippen LogP contribution in [0.4, 0.5) is 0 Å². The van der Waals surface area contributed by atoms with Crippen LogP contribution in [-0.2, 0) is 0 Å². The van der Waals surface area contributed by atoms with Gasteiger partial charge in [-0.2, -0.15) is 0 Å². The Hall–Kier alpha value is -0.120. The van der Waals surface area contributed by atoms with Gasteiger partial charge in [0.05, 0.1) is 0 Å². The summed E-state index contributed by atoms with van der Waals surface area (Å²) in [7, 11) is 0. The Kier molecular flexibility index (Phi) is 23.8. The van der Waals surface area contributed by atoms with Crippen LogP contribution in [-0.4, -0.2) is 32.2 Å². The maximum absolute atomic E-state index is 5.51. The van der Waals surface area contributed by atoms with Crippen LogP contribution in [0.15, 0.2) is 0 Å². The van der Waals surface area contributed by atoms with Crippen molar-refractivity contribution in [3.63, 3.8) is 0 Å². The second-order valence-corrected chi connectivity index (χ2v) is 8.50. The van der Waals surface area contributed by atoms with Crippen molar-refractivity contribution in [2.45, 2.75) is 129 Å². The fraction of sp³-hybridized carbons (Fsp3) is 1.00. The van der Waals surface area contributed by atoms with Gasteiger partial charge in [0.25, 0.3) is 0 Å². The third-order valence-corrected chi connectivity index (χ3v) is 5.53. The molecular formula is C24H53N3. The van der Waals surface area contributed by atoms with Gasteiger partial charge < -0.3 is 16.4 Å². The van der Waals surface area contributed by atoms with E-state index in [1.54, 1.807) is 0 Å².